The van der Waals surface area contributed by atoms with Crippen molar-refractivity contribution in [3.63, 3.8) is 0 Å². The monoisotopic (exact) mass is 236 g/mol. The van der Waals surface area contributed by atoms with Crippen LogP contribution in [0.3, 0.4) is 0 Å². The van der Waals surface area contributed by atoms with Crippen molar-refractivity contribution in [2.24, 2.45) is 0 Å². The lowest BCUT2D eigenvalue weighted by molar-refractivity contribution is 0.395. The minimum atomic E-state index is 0.388. The van der Waals surface area contributed by atoms with Gasteiger partial charge in [0.1, 0.15) is 16.7 Å². The molecule has 5 heteroatoms. The van der Waals surface area contributed by atoms with Crippen LogP contribution in [0.15, 0.2) is 36.7 Å². The van der Waals surface area contributed by atoms with Crippen LogP contribution in [0.2, 0.25) is 5.15 Å². The molecule has 0 aliphatic carbocycles. The van der Waals surface area contributed by atoms with Crippen LogP contribution in [0.4, 0.5) is 0 Å². The Bertz CT molecular complexity index is 474. The first-order valence-corrected chi connectivity index (χ1v) is 4.95. The molecule has 0 saturated heterocycles. The van der Waals surface area contributed by atoms with E-state index in [1.165, 1.54) is 0 Å². The fourth-order valence-corrected chi connectivity index (χ4v) is 1.30. The van der Waals surface area contributed by atoms with Gasteiger partial charge in [0.2, 0.25) is 5.88 Å². The molecule has 0 unspecified atom stereocenters. The third-order valence-corrected chi connectivity index (χ3v) is 2.06. The number of aromatic nitrogens is 2. The first-order valence-electron chi connectivity index (χ1n) is 4.57. The summed E-state index contributed by atoms with van der Waals surface area (Å²) < 4.78 is 10.5. The summed E-state index contributed by atoms with van der Waals surface area (Å²) in [5.74, 6) is 1.77. The molecular formula is C11H9ClN2O2. The first-order chi connectivity index (χ1) is 7.78. The van der Waals surface area contributed by atoms with Crippen LogP contribution < -0.4 is 9.47 Å². The number of hydrogen-bond donors (Lipinski definition) is 0. The van der Waals surface area contributed by atoms with Gasteiger partial charge in [0, 0.05) is 18.3 Å². The highest BCUT2D eigenvalue weighted by Crippen LogP contribution is 2.23. The maximum Gasteiger partial charge on any atom is 0.213 e. The van der Waals surface area contributed by atoms with Crippen LogP contribution in [0.25, 0.3) is 0 Å². The lowest BCUT2D eigenvalue weighted by atomic mass is 10.4. The van der Waals surface area contributed by atoms with E-state index in [1.807, 2.05) is 0 Å². The third kappa shape index (κ3) is 2.61. The summed E-state index contributed by atoms with van der Waals surface area (Å²) >= 11 is 5.73. The molecule has 0 spiro atoms. The Kier molecular flexibility index (Phi) is 3.22. The molecule has 82 valence electrons. The van der Waals surface area contributed by atoms with Crippen LogP contribution in [-0.4, -0.2) is 17.1 Å². The van der Waals surface area contributed by atoms with Gasteiger partial charge in [-0.2, -0.15) is 0 Å². The van der Waals surface area contributed by atoms with Gasteiger partial charge in [-0.05, 0) is 12.1 Å². The fourth-order valence-electron chi connectivity index (χ4n) is 1.13. The van der Waals surface area contributed by atoms with Crippen molar-refractivity contribution in [1.82, 2.24) is 9.97 Å². The molecular weight excluding hydrogens is 228 g/mol. The number of methoxy groups -OCH3 is 1. The second-order valence-corrected chi connectivity index (χ2v) is 3.34. The van der Waals surface area contributed by atoms with Crippen LogP contribution in [-0.2, 0) is 0 Å². The molecule has 2 rings (SSSR count). The van der Waals surface area contributed by atoms with Crippen molar-refractivity contribution < 1.29 is 9.47 Å². The predicted molar refractivity (Wildman–Crippen MR) is 60.1 cm³/mol. The van der Waals surface area contributed by atoms with Gasteiger partial charge in [0.25, 0.3) is 0 Å². The number of hydrogen-bond acceptors (Lipinski definition) is 4. The molecule has 16 heavy (non-hydrogen) atoms. The summed E-state index contributed by atoms with van der Waals surface area (Å²) in [6.45, 7) is 0. The van der Waals surface area contributed by atoms with E-state index in [9.17, 15) is 0 Å². The first kappa shape index (κ1) is 10.7. The van der Waals surface area contributed by atoms with Crippen molar-refractivity contribution in [3.05, 3.63) is 41.8 Å². The quantitative estimate of drug-likeness (QED) is 0.769. The minimum Gasteiger partial charge on any atom is -0.481 e. The molecule has 2 aromatic heterocycles. The maximum absolute atomic E-state index is 5.73. The van der Waals surface area contributed by atoms with Gasteiger partial charge in [-0.15, -0.1) is 0 Å². The smallest absolute Gasteiger partial charge is 0.213 e. The van der Waals surface area contributed by atoms with Gasteiger partial charge in [0.05, 0.1) is 13.3 Å². The van der Waals surface area contributed by atoms with Crippen LogP contribution in [0, 0.1) is 0 Å². The summed E-state index contributed by atoms with van der Waals surface area (Å²) in [5, 5.41) is 0.388. The van der Waals surface area contributed by atoms with E-state index in [4.69, 9.17) is 21.1 Å². The summed E-state index contributed by atoms with van der Waals surface area (Å²) in [6.07, 6.45) is 3.15. The Morgan fingerprint density at radius 2 is 2.00 bits per heavy atom. The third-order valence-electron chi connectivity index (χ3n) is 1.85. The molecule has 0 aliphatic rings. The Balaban J connectivity index is 2.14. The van der Waals surface area contributed by atoms with E-state index in [-0.39, 0.29) is 0 Å². The zero-order valence-electron chi connectivity index (χ0n) is 8.55. The zero-order valence-corrected chi connectivity index (χ0v) is 9.31. The molecule has 0 amide bonds. The normalized spacial score (nSPS) is 9.88. The standard InChI is InChI=1S/C11H9ClN2O2/c1-15-11-3-2-9(7-14-11)16-8-4-5-13-10(12)6-8/h2-7H,1H3. The second kappa shape index (κ2) is 4.81. The highest BCUT2D eigenvalue weighted by molar-refractivity contribution is 6.29. The number of rotatable bonds is 3. The molecule has 2 heterocycles. The van der Waals surface area contributed by atoms with E-state index in [0.29, 0.717) is 22.5 Å². The average Bonchev–Trinajstić information content (AvgIpc) is 2.30. The molecule has 0 aromatic carbocycles. The number of halogens is 1. The zero-order chi connectivity index (χ0) is 11.4. The van der Waals surface area contributed by atoms with Gasteiger partial charge in [-0.25, -0.2) is 9.97 Å². The molecule has 0 atom stereocenters. The number of nitrogens with zero attached hydrogens (tertiary/aromatic N) is 2. The van der Waals surface area contributed by atoms with Crippen molar-refractivity contribution in [2.45, 2.75) is 0 Å². The van der Waals surface area contributed by atoms with E-state index < -0.39 is 0 Å². The highest BCUT2D eigenvalue weighted by atomic mass is 35.5. The molecule has 0 fully saturated rings. The Morgan fingerprint density at radius 3 is 2.62 bits per heavy atom. The molecule has 2 aromatic rings. The van der Waals surface area contributed by atoms with Crippen LogP contribution >= 0.6 is 11.6 Å². The molecule has 0 N–H and O–H groups in total. The van der Waals surface area contributed by atoms with Crippen molar-refractivity contribution in [2.75, 3.05) is 7.11 Å². The Hall–Kier alpha value is -1.81. The van der Waals surface area contributed by atoms with Gasteiger partial charge >= 0.3 is 0 Å². The summed E-state index contributed by atoms with van der Waals surface area (Å²) in [6, 6.07) is 6.83. The molecule has 0 saturated carbocycles. The number of ether oxygens (including phenoxy) is 2. The minimum absolute atomic E-state index is 0.388. The summed E-state index contributed by atoms with van der Waals surface area (Å²) in [4.78, 5) is 7.88. The van der Waals surface area contributed by atoms with E-state index in [0.717, 1.165) is 0 Å². The summed E-state index contributed by atoms with van der Waals surface area (Å²) in [5.41, 5.74) is 0. The van der Waals surface area contributed by atoms with E-state index in [1.54, 1.807) is 43.8 Å². The lowest BCUT2D eigenvalue weighted by Crippen LogP contribution is -1.89. The number of pyridine rings is 2. The van der Waals surface area contributed by atoms with Gasteiger partial charge in [0.15, 0.2) is 0 Å². The Labute approximate surface area is 97.8 Å². The van der Waals surface area contributed by atoms with E-state index in [2.05, 4.69) is 9.97 Å². The largest absolute Gasteiger partial charge is 0.481 e. The molecule has 4 nitrogen and oxygen atoms in total. The molecule has 0 radical (unpaired) electrons. The molecule has 0 bridgehead atoms. The predicted octanol–water partition coefficient (Wildman–Crippen LogP) is 2.93. The highest BCUT2D eigenvalue weighted by Gasteiger charge is 1.99. The van der Waals surface area contributed by atoms with Gasteiger partial charge < -0.3 is 9.47 Å². The van der Waals surface area contributed by atoms with E-state index >= 15 is 0 Å². The van der Waals surface area contributed by atoms with Crippen molar-refractivity contribution in [3.8, 4) is 17.4 Å². The van der Waals surface area contributed by atoms with Crippen molar-refractivity contribution in [1.29, 1.82) is 0 Å². The van der Waals surface area contributed by atoms with Crippen LogP contribution in [0.1, 0.15) is 0 Å². The Morgan fingerprint density at radius 1 is 1.12 bits per heavy atom. The van der Waals surface area contributed by atoms with Crippen LogP contribution in [0.5, 0.6) is 17.4 Å². The second-order valence-electron chi connectivity index (χ2n) is 2.95. The SMILES string of the molecule is COc1ccc(Oc2ccnc(Cl)c2)cn1. The summed E-state index contributed by atoms with van der Waals surface area (Å²) in [7, 11) is 1.56. The molecule has 0 aliphatic heterocycles. The fraction of sp³-hybridized carbons (Fsp3) is 0.0909. The average molecular weight is 237 g/mol. The van der Waals surface area contributed by atoms with Gasteiger partial charge in [-0.3, -0.25) is 0 Å². The maximum atomic E-state index is 5.73. The van der Waals surface area contributed by atoms with Crippen molar-refractivity contribution >= 4 is 11.6 Å². The lowest BCUT2D eigenvalue weighted by Gasteiger charge is -2.05. The van der Waals surface area contributed by atoms with Gasteiger partial charge in [-0.1, -0.05) is 11.6 Å². The topological polar surface area (TPSA) is 44.2 Å².